The van der Waals surface area contributed by atoms with Gasteiger partial charge in [-0.2, -0.15) is 0 Å². The van der Waals surface area contributed by atoms with Crippen molar-refractivity contribution in [2.45, 2.75) is 56.1 Å². The number of methoxy groups -OCH3 is 1. The van der Waals surface area contributed by atoms with Gasteiger partial charge >= 0.3 is 0 Å². The molecular weight excluding hydrogens is 524 g/mol. The Kier molecular flexibility index (Phi) is 8.62. The Hall–Kier alpha value is -1.71. The summed E-state index contributed by atoms with van der Waals surface area (Å²) in [6, 6.07) is 8.13. The van der Waals surface area contributed by atoms with Crippen LogP contribution in [0, 0.1) is 5.82 Å². The number of nitrogens with one attached hydrogen (secondary N) is 1. The molecule has 2 aliphatic heterocycles. The lowest BCUT2D eigenvalue weighted by atomic mass is 10.1. The van der Waals surface area contributed by atoms with E-state index < -0.39 is 5.82 Å². The minimum atomic E-state index is -0.460. The Bertz CT molecular complexity index is 1100. The quantitative estimate of drug-likeness (QED) is 0.316. The summed E-state index contributed by atoms with van der Waals surface area (Å²) >= 11 is 14.5. The van der Waals surface area contributed by atoms with Gasteiger partial charge in [-0.3, -0.25) is 9.52 Å². The van der Waals surface area contributed by atoms with Gasteiger partial charge < -0.3 is 19.3 Å². The summed E-state index contributed by atoms with van der Waals surface area (Å²) in [6.45, 7) is 8.22. The van der Waals surface area contributed by atoms with Crippen molar-refractivity contribution in [1.29, 1.82) is 0 Å². The maximum absolute atomic E-state index is 13.5. The van der Waals surface area contributed by atoms with Crippen LogP contribution >= 0.6 is 35.1 Å². The Morgan fingerprint density at radius 1 is 1.11 bits per heavy atom. The van der Waals surface area contributed by atoms with Gasteiger partial charge in [0.1, 0.15) is 12.4 Å². The van der Waals surface area contributed by atoms with Crippen molar-refractivity contribution in [2.75, 3.05) is 38.3 Å². The van der Waals surface area contributed by atoms with Crippen LogP contribution in [0.4, 0.5) is 10.1 Å². The molecule has 1 N–H and O–H groups in total. The molecule has 0 radical (unpaired) electrons. The Labute approximate surface area is 226 Å². The monoisotopic (exact) mass is 555 g/mol. The molecule has 2 unspecified atom stereocenters. The number of rotatable bonds is 8. The lowest BCUT2D eigenvalue weighted by Crippen LogP contribution is -2.55. The molecule has 0 aromatic heterocycles. The molecule has 2 bridgehead atoms. The smallest absolute Gasteiger partial charge is 0.255 e. The summed E-state index contributed by atoms with van der Waals surface area (Å²) in [5.74, 6) is -0.00469. The molecule has 2 aromatic carbocycles. The van der Waals surface area contributed by atoms with Gasteiger partial charge in [-0.05, 0) is 75.9 Å². The van der Waals surface area contributed by atoms with E-state index in [4.69, 9.17) is 32.7 Å². The van der Waals surface area contributed by atoms with Gasteiger partial charge in [0.05, 0.1) is 27.9 Å². The van der Waals surface area contributed by atoms with Gasteiger partial charge in [0.15, 0.2) is 5.75 Å². The normalized spacial score (nSPS) is 19.6. The third-order valence-corrected chi connectivity index (χ3v) is 7.99. The maximum atomic E-state index is 13.5. The van der Waals surface area contributed by atoms with Crippen molar-refractivity contribution in [2.24, 2.45) is 0 Å². The van der Waals surface area contributed by atoms with E-state index in [2.05, 4.69) is 36.5 Å². The van der Waals surface area contributed by atoms with E-state index in [0.717, 1.165) is 23.4 Å². The number of hydrogen-bond donors (Lipinski definition) is 1. The number of benzene rings is 2. The van der Waals surface area contributed by atoms with Crippen LogP contribution in [0.15, 0.2) is 35.2 Å². The number of halogens is 3. The van der Waals surface area contributed by atoms with Gasteiger partial charge in [0.25, 0.3) is 5.91 Å². The first-order chi connectivity index (χ1) is 17.1. The lowest BCUT2D eigenvalue weighted by Gasteiger charge is -2.43. The van der Waals surface area contributed by atoms with E-state index in [1.807, 2.05) is 11.0 Å². The van der Waals surface area contributed by atoms with Gasteiger partial charge in [0.2, 0.25) is 0 Å². The van der Waals surface area contributed by atoms with Crippen LogP contribution in [-0.4, -0.2) is 61.8 Å². The first-order valence-electron chi connectivity index (χ1n) is 12.0. The molecule has 2 saturated heterocycles. The summed E-state index contributed by atoms with van der Waals surface area (Å²) in [4.78, 5) is 18.4. The molecule has 0 saturated carbocycles. The predicted molar refractivity (Wildman–Crippen MR) is 144 cm³/mol. The molecule has 0 aliphatic carbocycles. The predicted octanol–water partition coefficient (Wildman–Crippen LogP) is 6.05. The Morgan fingerprint density at radius 3 is 2.42 bits per heavy atom. The zero-order valence-electron chi connectivity index (χ0n) is 20.9. The third kappa shape index (κ3) is 6.22. The first-order valence-corrected chi connectivity index (χ1v) is 13.6. The van der Waals surface area contributed by atoms with Crippen molar-refractivity contribution in [3.8, 4) is 5.75 Å². The fourth-order valence-electron chi connectivity index (χ4n) is 4.68. The second-order valence-electron chi connectivity index (χ2n) is 10.2. The second-order valence-corrected chi connectivity index (χ2v) is 11.9. The molecule has 2 atom stereocenters. The Balaban J connectivity index is 1.61. The SMILES string of the molecule is COCCOc1c(Cl)cc(SNC(C)(C)C)cc1N1C2CCC1CN(C(=O)c1ccc(F)cc1Cl)C2. The zero-order valence-corrected chi connectivity index (χ0v) is 23.3. The summed E-state index contributed by atoms with van der Waals surface area (Å²) in [6.07, 6.45) is 1.89. The van der Waals surface area contributed by atoms with Crippen molar-refractivity contribution in [3.63, 3.8) is 0 Å². The van der Waals surface area contributed by atoms with Crippen molar-refractivity contribution >= 4 is 46.7 Å². The number of carbonyl (C=O) groups is 1. The highest BCUT2D eigenvalue weighted by atomic mass is 35.5. The van der Waals surface area contributed by atoms with E-state index in [9.17, 15) is 9.18 Å². The average Bonchev–Trinajstić information content (AvgIpc) is 3.06. The molecule has 2 heterocycles. The molecule has 2 fully saturated rings. The van der Waals surface area contributed by atoms with Crippen molar-refractivity contribution in [1.82, 2.24) is 9.62 Å². The van der Waals surface area contributed by atoms with Gasteiger partial charge in [-0.1, -0.05) is 23.2 Å². The van der Waals surface area contributed by atoms with Crippen LogP contribution in [0.3, 0.4) is 0 Å². The highest BCUT2D eigenvalue weighted by molar-refractivity contribution is 7.97. The third-order valence-electron chi connectivity index (χ3n) is 6.22. The second kappa shape index (κ2) is 11.4. The number of amides is 1. The van der Waals surface area contributed by atoms with Crippen LogP contribution < -0.4 is 14.4 Å². The summed E-state index contributed by atoms with van der Waals surface area (Å²) in [7, 11) is 1.63. The van der Waals surface area contributed by atoms with E-state index in [0.29, 0.717) is 42.6 Å². The topological polar surface area (TPSA) is 54.0 Å². The van der Waals surface area contributed by atoms with Crippen molar-refractivity contribution < 1.29 is 18.7 Å². The summed E-state index contributed by atoms with van der Waals surface area (Å²) in [5.41, 5.74) is 1.18. The molecule has 1 amide bonds. The fraction of sp³-hybridized carbons (Fsp3) is 0.500. The zero-order chi connectivity index (χ0) is 26.0. The number of piperazine rings is 1. The number of likely N-dealkylation sites (tertiary alicyclic amines) is 1. The first kappa shape index (κ1) is 27.3. The molecule has 10 heteroatoms. The number of carbonyl (C=O) groups excluding carboxylic acids is 1. The minimum absolute atomic E-state index is 0.0718. The van der Waals surface area contributed by atoms with Crippen LogP contribution in [0.2, 0.25) is 10.0 Å². The number of anilines is 1. The van der Waals surface area contributed by atoms with Gasteiger partial charge in [-0.25, -0.2) is 4.39 Å². The molecule has 2 aromatic rings. The minimum Gasteiger partial charge on any atom is -0.487 e. The van der Waals surface area contributed by atoms with E-state index in [1.165, 1.54) is 30.1 Å². The Morgan fingerprint density at radius 2 is 1.81 bits per heavy atom. The van der Waals surface area contributed by atoms with Crippen molar-refractivity contribution in [3.05, 3.63) is 51.8 Å². The number of hydrogen-bond acceptors (Lipinski definition) is 6. The molecular formula is C26H32Cl2FN3O3S. The summed E-state index contributed by atoms with van der Waals surface area (Å²) < 4.78 is 28.2. The molecule has 196 valence electrons. The summed E-state index contributed by atoms with van der Waals surface area (Å²) in [5, 5.41) is 0.671. The average molecular weight is 557 g/mol. The highest BCUT2D eigenvalue weighted by Crippen LogP contribution is 2.45. The van der Waals surface area contributed by atoms with Gasteiger partial charge in [-0.15, -0.1) is 0 Å². The molecule has 36 heavy (non-hydrogen) atoms. The lowest BCUT2D eigenvalue weighted by molar-refractivity contribution is 0.0717. The molecule has 0 spiro atoms. The molecule has 4 rings (SSSR count). The largest absolute Gasteiger partial charge is 0.487 e. The van der Waals surface area contributed by atoms with E-state index in [-0.39, 0.29) is 28.6 Å². The van der Waals surface area contributed by atoms with Gasteiger partial charge in [0, 0.05) is 42.7 Å². The fourth-order valence-corrected chi connectivity index (χ4v) is 6.04. The van der Waals surface area contributed by atoms with E-state index in [1.54, 1.807) is 7.11 Å². The number of ether oxygens (including phenoxy) is 2. The highest BCUT2D eigenvalue weighted by Gasteiger charge is 2.43. The molecule has 6 nitrogen and oxygen atoms in total. The standard InChI is InChI=1S/C26H32Cl2FN3O3S/c1-26(2,3)30-36-19-12-22(28)24(35-10-9-34-4)23(13-19)32-17-6-7-18(32)15-31(14-17)25(33)20-8-5-16(29)11-21(20)27/h5,8,11-13,17-18,30H,6-7,9-10,14-15H2,1-4H3. The number of fused-ring (bicyclic) bond motifs is 2. The van der Waals surface area contributed by atoms with Crippen LogP contribution in [0.1, 0.15) is 44.0 Å². The van der Waals surface area contributed by atoms with E-state index >= 15 is 0 Å². The van der Waals surface area contributed by atoms with Crippen LogP contribution in [-0.2, 0) is 4.74 Å². The number of nitrogens with zero attached hydrogens (tertiary/aromatic N) is 2. The van der Waals surface area contributed by atoms with Crippen LogP contribution in [0.5, 0.6) is 5.75 Å². The molecule has 2 aliphatic rings. The van der Waals surface area contributed by atoms with Crippen LogP contribution in [0.25, 0.3) is 0 Å². The maximum Gasteiger partial charge on any atom is 0.255 e.